The Labute approximate surface area is 138 Å². The third kappa shape index (κ3) is 2.71. The fourth-order valence-corrected chi connectivity index (χ4v) is 2.75. The van der Waals surface area contributed by atoms with Crippen LogP contribution in [0.4, 0.5) is 0 Å². The molecule has 2 aromatic heterocycles. The lowest BCUT2D eigenvalue weighted by molar-refractivity contribution is 0.171. The van der Waals surface area contributed by atoms with E-state index in [4.69, 9.17) is 15.2 Å². The summed E-state index contributed by atoms with van der Waals surface area (Å²) in [5, 5.41) is 4.48. The van der Waals surface area contributed by atoms with Gasteiger partial charge in [0.25, 0.3) is 0 Å². The number of fused-ring (bicyclic) bond motifs is 1. The fourth-order valence-electron chi connectivity index (χ4n) is 2.75. The summed E-state index contributed by atoms with van der Waals surface area (Å²) >= 11 is 0. The van der Waals surface area contributed by atoms with Crippen LogP contribution in [0.1, 0.15) is 23.4 Å². The van der Waals surface area contributed by atoms with E-state index in [0.29, 0.717) is 37.0 Å². The zero-order valence-electron chi connectivity index (χ0n) is 13.3. The molecule has 3 aromatic rings. The first-order chi connectivity index (χ1) is 11.7. The molecule has 0 amide bonds. The maximum atomic E-state index is 6.35. The van der Waals surface area contributed by atoms with Crippen molar-refractivity contribution in [2.24, 2.45) is 5.73 Å². The Morgan fingerprint density at radius 1 is 1.29 bits per heavy atom. The van der Waals surface area contributed by atoms with Crippen molar-refractivity contribution in [1.29, 1.82) is 0 Å². The van der Waals surface area contributed by atoms with Gasteiger partial charge in [0.15, 0.2) is 11.5 Å². The van der Waals surface area contributed by atoms with Crippen LogP contribution >= 0.6 is 0 Å². The van der Waals surface area contributed by atoms with Gasteiger partial charge in [-0.25, -0.2) is 14.6 Å². The molecule has 3 N–H and O–H groups in total. The molecule has 0 saturated heterocycles. The molecule has 24 heavy (non-hydrogen) atoms. The Kier molecular flexibility index (Phi) is 3.66. The van der Waals surface area contributed by atoms with Crippen LogP contribution in [0.25, 0.3) is 5.69 Å². The molecular formula is C16H18N6O2. The number of aryl methyl sites for hydroxylation is 1. The number of imidazole rings is 1. The topological polar surface area (TPSA) is 104 Å². The van der Waals surface area contributed by atoms with E-state index in [2.05, 4.69) is 20.1 Å². The molecule has 1 aliphatic heterocycles. The van der Waals surface area contributed by atoms with Crippen molar-refractivity contribution in [2.75, 3.05) is 13.2 Å². The average molecular weight is 326 g/mol. The van der Waals surface area contributed by atoms with Gasteiger partial charge in [-0.05, 0) is 19.1 Å². The summed E-state index contributed by atoms with van der Waals surface area (Å²) in [6.07, 6.45) is 4.00. The summed E-state index contributed by atoms with van der Waals surface area (Å²) in [6.45, 7) is 2.95. The molecule has 0 radical (unpaired) electrons. The van der Waals surface area contributed by atoms with Gasteiger partial charge in [0.2, 0.25) is 0 Å². The number of nitrogens with two attached hydrogens (primary N) is 1. The summed E-state index contributed by atoms with van der Waals surface area (Å²) < 4.78 is 13.0. The number of hydrogen-bond acceptors (Lipinski definition) is 6. The highest BCUT2D eigenvalue weighted by molar-refractivity contribution is 5.49. The van der Waals surface area contributed by atoms with E-state index in [0.717, 1.165) is 17.1 Å². The smallest absolute Gasteiger partial charge is 0.163 e. The molecule has 1 aromatic carbocycles. The van der Waals surface area contributed by atoms with Gasteiger partial charge in [0.1, 0.15) is 24.9 Å². The maximum absolute atomic E-state index is 6.35. The Bertz CT molecular complexity index is 842. The van der Waals surface area contributed by atoms with E-state index in [1.807, 2.05) is 25.1 Å². The highest BCUT2D eigenvalue weighted by atomic mass is 16.6. The Balaban J connectivity index is 1.68. The Hall–Kier alpha value is -2.87. The number of ether oxygens (including phenoxy) is 2. The summed E-state index contributed by atoms with van der Waals surface area (Å²) in [5.74, 6) is 2.81. The molecule has 4 rings (SSSR count). The predicted octanol–water partition coefficient (Wildman–Crippen LogP) is 1.31. The first kappa shape index (κ1) is 14.7. The molecule has 124 valence electrons. The number of nitrogens with one attached hydrogen (secondary N) is 1. The average Bonchev–Trinajstić information content (AvgIpc) is 3.24. The molecule has 0 fully saturated rings. The molecule has 1 aliphatic rings. The van der Waals surface area contributed by atoms with Gasteiger partial charge in [-0.1, -0.05) is 0 Å². The molecule has 1 atom stereocenters. The monoisotopic (exact) mass is 326 g/mol. The molecule has 8 nitrogen and oxygen atoms in total. The highest BCUT2D eigenvalue weighted by Gasteiger charge is 2.20. The number of aromatic nitrogens is 5. The van der Waals surface area contributed by atoms with Gasteiger partial charge >= 0.3 is 0 Å². The van der Waals surface area contributed by atoms with Gasteiger partial charge in [0, 0.05) is 24.4 Å². The molecular weight excluding hydrogens is 308 g/mol. The molecule has 0 unspecified atom stereocenters. The van der Waals surface area contributed by atoms with Gasteiger partial charge < -0.3 is 20.2 Å². The predicted molar refractivity (Wildman–Crippen MR) is 86.3 cm³/mol. The van der Waals surface area contributed by atoms with E-state index in [1.54, 1.807) is 17.2 Å². The molecule has 8 heteroatoms. The minimum atomic E-state index is -0.306. The quantitative estimate of drug-likeness (QED) is 0.749. The second-order valence-corrected chi connectivity index (χ2v) is 5.64. The van der Waals surface area contributed by atoms with Crippen LogP contribution in [-0.2, 0) is 6.42 Å². The number of aromatic amines is 1. The van der Waals surface area contributed by atoms with Crippen LogP contribution < -0.4 is 15.2 Å². The van der Waals surface area contributed by atoms with Crippen LogP contribution in [0.5, 0.6) is 11.5 Å². The van der Waals surface area contributed by atoms with Gasteiger partial charge in [-0.2, -0.15) is 5.10 Å². The van der Waals surface area contributed by atoms with Gasteiger partial charge in [0.05, 0.1) is 18.1 Å². The normalized spacial score (nSPS) is 14.6. The van der Waals surface area contributed by atoms with Crippen molar-refractivity contribution in [1.82, 2.24) is 24.7 Å². The lowest BCUT2D eigenvalue weighted by atomic mass is 10.1. The van der Waals surface area contributed by atoms with Crippen molar-refractivity contribution in [3.63, 3.8) is 0 Å². The van der Waals surface area contributed by atoms with Gasteiger partial charge in [-0.3, -0.25) is 0 Å². The second kappa shape index (κ2) is 5.97. The number of nitrogens with zero attached hydrogens (tertiary/aromatic N) is 4. The Morgan fingerprint density at radius 3 is 2.92 bits per heavy atom. The van der Waals surface area contributed by atoms with Crippen molar-refractivity contribution >= 4 is 0 Å². The number of hydrogen-bond donors (Lipinski definition) is 2. The maximum Gasteiger partial charge on any atom is 0.163 e. The van der Waals surface area contributed by atoms with E-state index < -0.39 is 0 Å². The fraction of sp³-hybridized carbons (Fsp3) is 0.312. The zero-order valence-corrected chi connectivity index (χ0v) is 13.3. The third-order valence-electron chi connectivity index (χ3n) is 3.83. The lowest BCUT2D eigenvalue weighted by Crippen LogP contribution is -2.20. The largest absolute Gasteiger partial charge is 0.486 e. The van der Waals surface area contributed by atoms with Crippen LogP contribution in [0.15, 0.2) is 30.7 Å². The summed E-state index contributed by atoms with van der Waals surface area (Å²) in [6, 6.07) is 5.40. The SMILES string of the molecule is Cc1nc([C@@H](N)Cc2cnc[nH]2)n(-c2ccc3c(c2)OCCO3)n1. The lowest BCUT2D eigenvalue weighted by Gasteiger charge is -2.19. The van der Waals surface area contributed by atoms with E-state index >= 15 is 0 Å². The van der Waals surface area contributed by atoms with Gasteiger partial charge in [-0.15, -0.1) is 0 Å². The van der Waals surface area contributed by atoms with Crippen molar-refractivity contribution in [2.45, 2.75) is 19.4 Å². The van der Waals surface area contributed by atoms with E-state index in [1.165, 1.54) is 0 Å². The molecule has 0 saturated carbocycles. The summed E-state index contributed by atoms with van der Waals surface area (Å²) in [5.41, 5.74) is 8.15. The molecule has 3 heterocycles. The van der Waals surface area contributed by atoms with Crippen LogP contribution in [0.3, 0.4) is 0 Å². The second-order valence-electron chi connectivity index (χ2n) is 5.64. The molecule has 0 spiro atoms. The van der Waals surface area contributed by atoms with E-state index in [9.17, 15) is 0 Å². The van der Waals surface area contributed by atoms with Crippen molar-refractivity contribution in [3.05, 3.63) is 48.1 Å². The number of rotatable bonds is 4. The summed E-state index contributed by atoms with van der Waals surface area (Å²) in [7, 11) is 0. The first-order valence-electron chi connectivity index (χ1n) is 7.77. The first-order valence-corrected chi connectivity index (χ1v) is 7.77. The minimum absolute atomic E-state index is 0.306. The standard InChI is InChI=1S/C16H18N6O2/c1-10-20-16(13(17)6-11-8-18-9-19-11)22(21-10)12-2-3-14-15(7-12)24-5-4-23-14/h2-3,7-9,13H,4-6,17H2,1H3,(H,18,19)/t13-/m0/s1. The zero-order chi connectivity index (χ0) is 16.5. The van der Waals surface area contributed by atoms with Crippen LogP contribution in [0.2, 0.25) is 0 Å². The number of benzene rings is 1. The number of H-pyrrole nitrogens is 1. The highest BCUT2D eigenvalue weighted by Crippen LogP contribution is 2.32. The van der Waals surface area contributed by atoms with Crippen LogP contribution in [0, 0.1) is 6.92 Å². The minimum Gasteiger partial charge on any atom is -0.486 e. The summed E-state index contributed by atoms with van der Waals surface area (Å²) in [4.78, 5) is 11.6. The van der Waals surface area contributed by atoms with Crippen molar-refractivity contribution < 1.29 is 9.47 Å². The molecule has 0 bridgehead atoms. The molecule has 0 aliphatic carbocycles. The Morgan fingerprint density at radius 2 is 2.12 bits per heavy atom. The van der Waals surface area contributed by atoms with Crippen molar-refractivity contribution in [3.8, 4) is 17.2 Å². The van der Waals surface area contributed by atoms with E-state index in [-0.39, 0.29) is 6.04 Å². The van der Waals surface area contributed by atoms with Crippen LogP contribution in [-0.4, -0.2) is 37.9 Å². The third-order valence-corrected chi connectivity index (χ3v) is 3.83.